The molecule has 0 spiro atoms. The maximum atomic E-state index is 13.4. The molecular weight excluding hydrogens is 376 g/mol. The summed E-state index contributed by atoms with van der Waals surface area (Å²) >= 11 is 0. The summed E-state index contributed by atoms with van der Waals surface area (Å²) < 4.78 is 0. The summed E-state index contributed by atoms with van der Waals surface area (Å²) in [5.74, 6) is -0.862. The third-order valence-corrected chi connectivity index (χ3v) is 5.47. The van der Waals surface area contributed by atoms with E-state index < -0.39 is 0 Å². The van der Waals surface area contributed by atoms with Crippen molar-refractivity contribution in [3.63, 3.8) is 0 Å². The van der Waals surface area contributed by atoms with Gasteiger partial charge in [-0.2, -0.15) is 0 Å². The van der Waals surface area contributed by atoms with Crippen molar-refractivity contribution in [2.75, 3.05) is 11.4 Å². The van der Waals surface area contributed by atoms with Crippen LogP contribution in [0.25, 0.3) is 12.2 Å². The van der Waals surface area contributed by atoms with Gasteiger partial charge in [0.2, 0.25) is 5.91 Å². The lowest BCUT2D eigenvalue weighted by atomic mass is 10.1. The lowest BCUT2D eigenvalue weighted by Gasteiger charge is -2.25. The van der Waals surface area contributed by atoms with Crippen molar-refractivity contribution in [2.45, 2.75) is 6.42 Å². The lowest BCUT2D eigenvalue weighted by molar-refractivity contribution is -0.118. The SMILES string of the molecule is O=C1c2ccccc2C(=O)N1CCC(=O)N1c2ccccc2C=Cc2ccccc21. The molecule has 0 fully saturated rings. The molecule has 2 aliphatic rings. The van der Waals surface area contributed by atoms with Crippen molar-refractivity contribution in [1.29, 1.82) is 0 Å². The molecule has 0 saturated carbocycles. The molecule has 3 aromatic rings. The van der Waals surface area contributed by atoms with Crippen LogP contribution in [0.15, 0.2) is 72.8 Å². The van der Waals surface area contributed by atoms with Gasteiger partial charge in [0.15, 0.2) is 0 Å². The topological polar surface area (TPSA) is 57.7 Å². The van der Waals surface area contributed by atoms with E-state index >= 15 is 0 Å². The van der Waals surface area contributed by atoms with Gasteiger partial charge < -0.3 is 0 Å². The Kier molecular flexibility index (Phi) is 4.29. The smallest absolute Gasteiger partial charge is 0.261 e. The Bertz CT molecular complexity index is 1140. The Morgan fingerprint density at radius 2 is 1.13 bits per heavy atom. The highest BCUT2D eigenvalue weighted by atomic mass is 16.2. The van der Waals surface area contributed by atoms with E-state index in [2.05, 4.69) is 0 Å². The van der Waals surface area contributed by atoms with E-state index in [-0.39, 0.29) is 30.7 Å². The van der Waals surface area contributed by atoms with Crippen molar-refractivity contribution in [2.24, 2.45) is 0 Å². The predicted octanol–water partition coefficient (Wildman–Crippen LogP) is 4.52. The molecule has 3 aromatic carbocycles. The fourth-order valence-corrected chi connectivity index (χ4v) is 4.00. The van der Waals surface area contributed by atoms with Crippen molar-refractivity contribution in [1.82, 2.24) is 4.90 Å². The fraction of sp³-hybridized carbons (Fsp3) is 0.0800. The van der Waals surface area contributed by atoms with Crippen molar-refractivity contribution >= 4 is 41.2 Å². The minimum Gasteiger partial charge on any atom is -0.280 e. The van der Waals surface area contributed by atoms with Gasteiger partial charge in [-0.1, -0.05) is 60.7 Å². The molecule has 5 rings (SSSR count). The number of carbonyl (C=O) groups is 3. The fourth-order valence-electron chi connectivity index (χ4n) is 4.00. The number of para-hydroxylation sites is 2. The van der Waals surface area contributed by atoms with Gasteiger partial charge >= 0.3 is 0 Å². The average molecular weight is 394 g/mol. The second kappa shape index (κ2) is 7.12. The van der Waals surface area contributed by atoms with Gasteiger partial charge in [-0.3, -0.25) is 24.2 Å². The molecular formula is C25H18N2O3. The number of rotatable bonds is 3. The van der Waals surface area contributed by atoms with Crippen LogP contribution < -0.4 is 4.90 Å². The molecule has 3 amide bonds. The van der Waals surface area contributed by atoms with E-state index in [0.29, 0.717) is 11.1 Å². The summed E-state index contributed by atoms with van der Waals surface area (Å²) in [5.41, 5.74) is 4.22. The molecule has 0 bridgehead atoms. The van der Waals surface area contributed by atoms with Crippen molar-refractivity contribution in [3.8, 4) is 0 Å². The van der Waals surface area contributed by atoms with Crippen LogP contribution in [0.5, 0.6) is 0 Å². The largest absolute Gasteiger partial charge is 0.280 e. The Morgan fingerprint density at radius 1 is 0.667 bits per heavy atom. The molecule has 0 aromatic heterocycles. The van der Waals surface area contributed by atoms with Crippen LogP contribution in [-0.2, 0) is 4.79 Å². The van der Waals surface area contributed by atoms with E-state index in [0.717, 1.165) is 27.4 Å². The number of hydrogen-bond donors (Lipinski definition) is 0. The molecule has 146 valence electrons. The van der Waals surface area contributed by atoms with E-state index in [4.69, 9.17) is 0 Å². The van der Waals surface area contributed by atoms with Crippen LogP contribution in [0.3, 0.4) is 0 Å². The standard InChI is InChI=1S/C25H18N2O3/c28-23(15-16-26-24(29)19-9-3-4-10-20(19)25(26)30)27-21-11-5-1-7-17(21)13-14-18-8-2-6-12-22(18)27/h1-14H,15-16H2. The normalized spacial score (nSPS) is 14.3. The molecule has 2 heterocycles. The Balaban J connectivity index is 1.44. The number of anilines is 2. The van der Waals surface area contributed by atoms with Crippen molar-refractivity contribution in [3.05, 3.63) is 95.1 Å². The Morgan fingerprint density at radius 3 is 1.67 bits per heavy atom. The highest BCUT2D eigenvalue weighted by molar-refractivity contribution is 6.21. The van der Waals surface area contributed by atoms with Gasteiger partial charge in [-0.05, 0) is 35.4 Å². The van der Waals surface area contributed by atoms with Crippen LogP contribution in [0.2, 0.25) is 0 Å². The highest BCUT2D eigenvalue weighted by Crippen LogP contribution is 2.36. The number of nitrogens with zero attached hydrogens (tertiary/aromatic N) is 2. The second-order valence-electron chi connectivity index (χ2n) is 7.24. The molecule has 0 N–H and O–H groups in total. The van der Waals surface area contributed by atoms with Crippen LogP contribution in [0.4, 0.5) is 11.4 Å². The molecule has 0 saturated heterocycles. The van der Waals surface area contributed by atoms with Crippen molar-refractivity contribution < 1.29 is 14.4 Å². The van der Waals surface area contributed by atoms with Gasteiger partial charge in [0, 0.05) is 13.0 Å². The maximum absolute atomic E-state index is 13.4. The number of hydrogen-bond acceptors (Lipinski definition) is 3. The number of fused-ring (bicyclic) bond motifs is 3. The molecule has 2 aliphatic heterocycles. The molecule has 5 nitrogen and oxygen atoms in total. The van der Waals surface area contributed by atoms with Crippen LogP contribution in [0.1, 0.15) is 38.3 Å². The molecule has 0 atom stereocenters. The zero-order valence-electron chi connectivity index (χ0n) is 16.1. The van der Waals surface area contributed by atoms with Crippen LogP contribution in [-0.4, -0.2) is 29.2 Å². The summed E-state index contributed by atoms with van der Waals surface area (Å²) in [6, 6.07) is 22.1. The summed E-state index contributed by atoms with van der Waals surface area (Å²) in [4.78, 5) is 41.5. The first-order valence-electron chi connectivity index (χ1n) is 9.79. The van der Waals surface area contributed by atoms with E-state index in [1.54, 1.807) is 29.2 Å². The Labute approximate surface area is 173 Å². The van der Waals surface area contributed by atoms with Gasteiger partial charge in [0.25, 0.3) is 11.8 Å². The minimum absolute atomic E-state index is 0.0359. The molecule has 0 aliphatic carbocycles. The van der Waals surface area contributed by atoms with Crippen LogP contribution in [0, 0.1) is 0 Å². The lowest BCUT2D eigenvalue weighted by Crippen LogP contribution is -2.35. The summed E-state index contributed by atoms with van der Waals surface area (Å²) in [6.45, 7) is 0.0411. The van der Waals surface area contributed by atoms with Gasteiger partial charge in [0.1, 0.15) is 0 Å². The summed E-state index contributed by atoms with van der Waals surface area (Å²) in [5, 5.41) is 0. The van der Waals surface area contributed by atoms with E-state index in [1.807, 2.05) is 60.7 Å². The Hall–Kier alpha value is -3.99. The first-order valence-corrected chi connectivity index (χ1v) is 9.79. The molecule has 30 heavy (non-hydrogen) atoms. The first kappa shape index (κ1) is 18.1. The number of carbonyl (C=O) groups excluding carboxylic acids is 3. The van der Waals surface area contributed by atoms with Crippen LogP contribution >= 0.6 is 0 Å². The molecule has 0 unspecified atom stereocenters. The maximum Gasteiger partial charge on any atom is 0.261 e. The first-order chi connectivity index (χ1) is 14.6. The third kappa shape index (κ3) is 2.83. The quantitative estimate of drug-likeness (QED) is 0.614. The van der Waals surface area contributed by atoms with Gasteiger partial charge in [0.05, 0.1) is 22.5 Å². The third-order valence-electron chi connectivity index (χ3n) is 5.47. The van der Waals surface area contributed by atoms with E-state index in [9.17, 15) is 14.4 Å². The average Bonchev–Trinajstić information content (AvgIpc) is 2.92. The number of imide groups is 1. The molecule has 0 radical (unpaired) electrons. The van der Waals surface area contributed by atoms with Gasteiger partial charge in [-0.25, -0.2) is 0 Å². The van der Waals surface area contributed by atoms with E-state index in [1.165, 1.54) is 0 Å². The predicted molar refractivity (Wildman–Crippen MR) is 115 cm³/mol. The summed E-state index contributed by atoms with van der Waals surface area (Å²) in [6.07, 6.45) is 4.02. The highest BCUT2D eigenvalue weighted by Gasteiger charge is 2.35. The number of amides is 3. The zero-order chi connectivity index (χ0) is 20.7. The zero-order valence-corrected chi connectivity index (χ0v) is 16.1. The summed E-state index contributed by atoms with van der Waals surface area (Å²) in [7, 11) is 0. The monoisotopic (exact) mass is 394 g/mol. The van der Waals surface area contributed by atoms with Gasteiger partial charge in [-0.15, -0.1) is 0 Å². The second-order valence-corrected chi connectivity index (χ2v) is 7.24. The minimum atomic E-state index is -0.346. The number of benzene rings is 3. The molecule has 5 heteroatoms.